The third-order valence-corrected chi connectivity index (χ3v) is 1.97. The number of hydrogen-bond donors (Lipinski definition) is 3. The molecular formula is C8H11N3O. The highest BCUT2D eigenvalue weighted by Gasteiger charge is 2.22. The monoisotopic (exact) mass is 165 g/mol. The molecule has 1 aromatic heterocycles. The van der Waals surface area contributed by atoms with Crippen LogP contribution in [0.1, 0.15) is 18.0 Å². The van der Waals surface area contributed by atoms with Gasteiger partial charge in [-0.15, -0.1) is 0 Å². The second-order valence-corrected chi connectivity index (χ2v) is 2.88. The predicted molar refractivity (Wildman–Crippen MR) is 43.9 cm³/mol. The molecule has 12 heavy (non-hydrogen) atoms. The Bertz CT molecular complexity index is 252. The lowest BCUT2D eigenvalue weighted by Crippen LogP contribution is -2.30. The average molecular weight is 165 g/mol. The third-order valence-electron chi connectivity index (χ3n) is 1.97. The molecule has 1 aromatic rings. The summed E-state index contributed by atoms with van der Waals surface area (Å²) in [4.78, 5) is 4.00. The largest absolute Gasteiger partial charge is 0.377 e. The van der Waals surface area contributed by atoms with E-state index in [0.717, 1.165) is 5.56 Å². The van der Waals surface area contributed by atoms with E-state index in [1.807, 2.05) is 12.1 Å². The zero-order valence-electron chi connectivity index (χ0n) is 6.57. The topological polar surface area (TPSA) is 57.2 Å². The zero-order chi connectivity index (χ0) is 8.39. The van der Waals surface area contributed by atoms with Gasteiger partial charge in [-0.3, -0.25) is 4.98 Å². The number of aliphatic hydroxyl groups excluding tert-OH is 1. The summed E-state index contributed by atoms with van der Waals surface area (Å²) >= 11 is 0. The number of pyridine rings is 1. The van der Waals surface area contributed by atoms with Gasteiger partial charge < -0.3 is 5.11 Å². The number of aromatic nitrogens is 1. The van der Waals surface area contributed by atoms with Gasteiger partial charge in [0.2, 0.25) is 0 Å². The van der Waals surface area contributed by atoms with Gasteiger partial charge >= 0.3 is 0 Å². The molecule has 0 aliphatic carbocycles. The summed E-state index contributed by atoms with van der Waals surface area (Å²) < 4.78 is 0. The second kappa shape index (κ2) is 3.18. The van der Waals surface area contributed by atoms with Crippen LogP contribution in [0.15, 0.2) is 24.5 Å². The van der Waals surface area contributed by atoms with E-state index in [1.165, 1.54) is 0 Å². The Hall–Kier alpha value is -0.970. The molecule has 2 heterocycles. The molecule has 0 amide bonds. The lowest BCUT2D eigenvalue weighted by atomic mass is 10.1. The lowest BCUT2D eigenvalue weighted by molar-refractivity contribution is 0.153. The van der Waals surface area contributed by atoms with Crippen LogP contribution in [0.4, 0.5) is 0 Å². The van der Waals surface area contributed by atoms with E-state index in [4.69, 9.17) is 5.11 Å². The van der Waals surface area contributed by atoms with Crippen LogP contribution in [0.25, 0.3) is 0 Å². The van der Waals surface area contributed by atoms with Gasteiger partial charge in [-0.1, -0.05) is 6.07 Å². The van der Waals surface area contributed by atoms with Crippen LogP contribution in [0.5, 0.6) is 0 Å². The number of nitrogens with zero attached hydrogens (tertiary/aromatic N) is 1. The van der Waals surface area contributed by atoms with Crippen LogP contribution in [-0.2, 0) is 0 Å². The molecule has 3 N–H and O–H groups in total. The van der Waals surface area contributed by atoms with E-state index < -0.39 is 6.23 Å². The van der Waals surface area contributed by atoms with Crippen LogP contribution in [0, 0.1) is 0 Å². The van der Waals surface area contributed by atoms with Crippen LogP contribution in [-0.4, -0.2) is 16.3 Å². The van der Waals surface area contributed by atoms with Crippen LogP contribution in [0.3, 0.4) is 0 Å². The van der Waals surface area contributed by atoms with Crippen molar-refractivity contribution in [2.75, 3.05) is 0 Å². The van der Waals surface area contributed by atoms with Crippen molar-refractivity contribution >= 4 is 0 Å². The van der Waals surface area contributed by atoms with Crippen molar-refractivity contribution in [1.82, 2.24) is 15.8 Å². The number of nitrogens with one attached hydrogen (secondary N) is 2. The molecule has 0 saturated carbocycles. The summed E-state index contributed by atoms with van der Waals surface area (Å²) in [5.41, 5.74) is 6.83. The van der Waals surface area contributed by atoms with E-state index in [9.17, 15) is 0 Å². The van der Waals surface area contributed by atoms with Crippen LogP contribution in [0.2, 0.25) is 0 Å². The first-order valence-corrected chi connectivity index (χ1v) is 3.95. The fourth-order valence-corrected chi connectivity index (χ4v) is 1.34. The first-order chi connectivity index (χ1) is 5.86. The van der Waals surface area contributed by atoms with E-state index >= 15 is 0 Å². The molecule has 0 spiro atoms. The van der Waals surface area contributed by atoms with E-state index in [-0.39, 0.29) is 6.04 Å². The maximum atomic E-state index is 9.17. The molecule has 1 aliphatic heterocycles. The summed E-state index contributed by atoms with van der Waals surface area (Å²) in [6.07, 6.45) is 3.78. The molecule has 1 aliphatic rings. The first kappa shape index (κ1) is 7.67. The lowest BCUT2D eigenvalue weighted by Gasteiger charge is -2.07. The van der Waals surface area contributed by atoms with Crippen molar-refractivity contribution in [1.29, 1.82) is 0 Å². The number of hydrazine groups is 1. The van der Waals surface area contributed by atoms with Gasteiger partial charge in [-0.25, -0.2) is 10.9 Å². The normalized spacial score (nSPS) is 29.1. The first-order valence-electron chi connectivity index (χ1n) is 3.95. The standard InChI is InChI=1S/C8H11N3O/c12-8-4-7(10-11-8)6-2-1-3-9-5-6/h1-3,5,7-8,10-12H,4H2. The molecule has 64 valence electrons. The van der Waals surface area contributed by atoms with Gasteiger partial charge in [0.25, 0.3) is 0 Å². The number of aliphatic hydroxyl groups is 1. The maximum Gasteiger partial charge on any atom is 0.119 e. The molecular weight excluding hydrogens is 154 g/mol. The Morgan fingerprint density at radius 2 is 2.42 bits per heavy atom. The van der Waals surface area contributed by atoms with Gasteiger partial charge in [-0.2, -0.15) is 0 Å². The van der Waals surface area contributed by atoms with Crippen molar-refractivity contribution in [3.8, 4) is 0 Å². The Labute approximate surface area is 70.6 Å². The smallest absolute Gasteiger partial charge is 0.119 e. The minimum Gasteiger partial charge on any atom is -0.377 e. The predicted octanol–water partition coefficient (Wildman–Crippen LogP) is -0.0610. The summed E-state index contributed by atoms with van der Waals surface area (Å²) in [6.45, 7) is 0. The van der Waals surface area contributed by atoms with Gasteiger partial charge in [0.15, 0.2) is 0 Å². The summed E-state index contributed by atoms with van der Waals surface area (Å²) in [5.74, 6) is 0. The number of rotatable bonds is 1. The van der Waals surface area contributed by atoms with Crippen molar-refractivity contribution < 1.29 is 5.11 Å². The highest BCUT2D eigenvalue weighted by molar-refractivity contribution is 5.14. The quantitative estimate of drug-likeness (QED) is 0.545. The second-order valence-electron chi connectivity index (χ2n) is 2.88. The van der Waals surface area contributed by atoms with Crippen molar-refractivity contribution in [2.24, 2.45) is 0 Å². The zero-order valence-corrected chi connectivity index (χ0v) is 6.57. The van der Waals surface area contributed by atoms with Crippen molar-refractivity contribution in [2.45, 2.75) is 18.7 Å². The maximum absolute atomic E-state index is 9.17. The molecule has 4 heteroatoms. The summed E-state index contributed by atoms with van der Waals surface area (Å²) in [6, 6.07) is 4.06. The van der Waals surface area contributed by atoms with Crippen LogP contribution >= 0.6 is 0 Å². The van der Waals surface area contributed by atoms with Crippen molar-refractivity contribution in [3.05, 3.63) is 30.1 Å². The highest BCUT2D eigenvalue weighted by Crippen LogP contribution is 2.19. The Morgan fingerprint density at radius 1 is 1.50 bits per heavy atom. The minimum atomic E-state index is -0.449. The minimum absolute atomic E-state index is 0.175. The molecule has 2 unspecified atom stereocenters. The number of hydrogen-bond acceptors (Lipinski definition) is 4. The highest BCUT2D eigenvalue weighted by atomic mass is 16.3. The van der Waals surface area contributed by atoms with E-state index in [0.29, 0.717) is 6.42 Å². The molecule has 0 bridgehead atoms. The van der Waals surface area contributed by atoms with E-state index in [1.54, 1.807) is 12.4 Å². The fraction of sp³-hybridized carbons (Fsp3) is 0.375. The van der Waals surface area contributed by atoms with Gasteiger partial charge in [0.05, 0.1) is 6.04 Å². The molecule has 2 atom stereocenters. The Morgan fingerprint density at radius 3 is 3.00 bits per heavy atom. The Balaban J connectivity index is 2.11. The molecule has 1 fully saturated rings. The summed E-state index contributed by atoms with van der Waals surface area (Å²) in [5, 5.41) is 9.17. The average Bonchev–Trinajstić information content (AvgIpc) is 2.54. The fourth-order valence-electron chi connectivity index (χ4n) is 1.34. The molecule has 0 radical (unpaired) electrons. The Kier molecular flexibility index (Phi) is 2.03. The molecule has 0 aromatic carbocycles. The SMILES string of the molecule is OC1CC(c2cccnc2)NN1. The van der Waals surface area contributed by atoms with Crippen molar-refractivity contribution in [3.63, 3.8) is 0 Å². The van der Waals surface area contributed by atoms with Gasteiger partial charge in [-0.05, 0) is 11.6 Å². The molecule has 1 saturated heterocycles. The summed E-state index contributed by atoms with van der Waals surface area (Å²) in [7, 11) is 0. The molecule has 2 rings (SSSR count). The molecule has 4 nitrogen and oxygen atoms in total. The van der Waals surface area contributed by atoms with Gasteiger partial charge in [0, 0.05) is 18.8 Å². The van der Waals surface area contributed by atoms with E-state index in [2.05, 4.69) is 15.8 Å². The van der Waals surface area contributed by atoms with Gasteiger partial charge in [0.1, 0.15) is 6.23 Å². The van der Waals surface area contributed by atoms with Crippen LogP contribution < -0.4 is 10.9 Å². The third kappa shape index (κ3) is 1.45.